The summed E-state index contributed by atoms with van der Waals surface area (Å²) in [4.78, 5) is 0. The Labute approximate surface area is 114 Å². The second kappa shape index (κ2) is 7.22. The molecule has 4 heteroatoms. The summed E-state index contributed by atoms with van der Waals surface area (Å²) in [6, 6.07) is 10.7. The zero-order valence-corrected chi connectivity index (χ0v) is 12.6. The molecule has 0 N–H and O–H groups in total. The van der Waals surface area contributed by atoms with Crippen molar-refractivity contribution in [3.63, 3.8) is 0 Å². The molecule has 0 aliphatic heterocycles. The van der Waals surface area contributed by atoms with Crippen LogP contribution in [0.25, 0.3) is 0 Å². The van der Waals surface area contributed by atoms with Crippen LogP contribution in [0.4, 0.5) is 0 Å². The van der Waals surface area contributed by atoms with E-state index in [1.54, 1.807) is 0 Å². The van der Waals surface area contributed by atoms with Gasteiger partial charge in [-0.1, -0.05) is 42.5 Å². The van der Waals surface area contributed by atoms with Crippen LogP contribution in [0, 0.1) is 0 Å². The Morgan fingerprint density at radius 1 is 1.29 bits per heavy atom. The molecular weight excluding hydrogens is 271 g/mol. The lowest BCUT2D eigenvalue weighted by Gasteiger charge is -2.16. The first-order valence-corrected chi connectivity index (χ1v) is 9.91. The lowest BCUT2D eigenvalue weighted by molar-refractivity contribution is 0.157. The molecular formula is C13H18Cl2OSi. The van der Waals surface area contributed by atoms with Crippen molar-refractivity contribution in [3.8, 4) is 0 Å². The van der Waals surface area contributed by atoms with Gasteiger partial charge in [-0.3, -0.25) is 0 Å². The average molecular weight is 289 g/mol. The van der Waals surface area contributed by atoms with Crippen LogP contribution in [0.3, 0.4) is 0 Å². The van der Waals surface area contributed by atoms with Crippen molar-refractivity contribution in [2.45, 2.75) is 19.4 Å². The van der Waals surface area contributed by atoms with Gasteiger partial charge in [0.05, 0.1) is 6.61 Å². The molecule has 0 aromatic heterocycles. The van der Waals surface area contributed by atoms with Crippen molar-refractivity contribution in [2.75, 3.05) is 13.2 Å². The maximum Gasteiger partial charge on any atom is 0.280 e. The van der Waals surface area contributed by atoms with Crippen LogP contribution >= 0.6 is 22.2 Å². The molecule has 94 valence electrons. The molecule has 0 radical (unpaired) electrons. The monoisotopic (exact) mass is 288 g/mol. The summed E-state index contributed by atoms with van der Waals surface area (Å²) in [6.07, 6.45) is 0.890. The minimum Gasteiger partial charge on any atom is -0.377 e. The van der Waals surface area contributed by atoms with Crippen LogP contribution in [-0.2, 0) is 4.74 Å². The molecule has 0 heterocycles. The van der Waals surface area contributed by atoms with Crippen molar-refractivity contribution in [1.82, 2.24) is 0 Å². The Morgan fingerprint density at radius 3 is 2.53 bits per heavy atom. The molecule has 0 saturated heterocycles. The average Bonchev–Trinajstić information content (AvgIpc) is 2.29. The summed E-state index contributed by atoms with van der Waals surface area (Å²) in [5, 5.41) is 1.07. The molecule has 0 unspecified atom stereocenters. The SMILES string of the molecule is C=C(C)COCCC[Si](Cl)(Cl)c1ccccc1. The Hall–Kier alpha value is -0.283. The third kappa shape index (κ3) is 5.73. The van der Waals surface area contributed by atoms with Crippen molar-refractivity contribution in [3.05, 3.63) is 42.5 Å². The van der Waals surface area contributed by atoms with E-state index in [1.165, 1.54) is 0 Å². The van der Waals surface area contributed by atoms with Gasteiger partial charge in [0, 0.05) is 6.61 Å². The van der Waals surface area contributed by atoms with Gasteiger partial charge in [-0.2, -0.15) is 0 Å². The van der Waals surface area contributed by atoms with Gasteiger partial charge in [0.25, 0.3) is 6.69 Å². The lowest BCUT2D eigenvalue weighted by Crippen LogP contribution is -2.36. The quantitative estimate of drug-likeness (QED) is 0.321. The van der Waals surface area contributed by atoms with Crippen molar-refractivity contribution in [2.24, 2.45) is 0 Å². The third-order valence-electron chi connectivity index (χ3n) is 2.32. The standard InChI is InChI=1S/C13H18Cl2OSi/c1-12(2)11-16-9-6-10-17(14,15)13-7-4-3-5-8-13/h3-5,7-8H,1,6,9-11H2,2H3. The van der Waals surface area contributed by atoms with E-state index in [4.69, 9.17) is 26.9 Å². The van der Waals surface area contributed by atoms with Gasteiger partial charge >= 0.3 is 0 Å². The third-order valence-corrected chi connectivity index (χ3v) is 6.93. The number of benzene rings is 1. The highest BCUT2D eigenvalue weighted by molar-refractivity contribution is 7.50. The van der Waals surface area contributed by atoms with Crippen LogP contribution in [0.1, 0.15) is 13.3 Å². The van der Waals surface area contributed by atoms with E-state index in [0.717, 1.165) is 23.2 Å². The summed E-state index contributed by atoms with van der Waals surface area (Å²) in [6.45, 7) is 4.72. The molecule has 17 heavy (non-hydrogen) atoms. The Morgan fingerprint density at radius 2 is 1.94 bits per heavy atom. The van der Waals surface area contributed by atoms with E-state index >= 15 is 0 Å². The number of hydrogen-bond donors (Lipinski definition) is 0. The largest absolute Gasteiger partial charge is 0.377 e. The van der Waals surface area contributed by atoms with Gasteiger partial charge in [0.2, 0.25) is 0 Å². The molecule has 1 rings (SSSR count). The zero-order valence-electron chi connectivity index (χ0n) is 10.1. The molecule has 0 aliphatic rings. The van der Waals surface area contributed by atoms with E-state index in [2.05, 4.69) is 6.58 Å². The van der Waals surface area contributed by atoms with Crippen LogP contribution in [-0.4, -0.2) is 19.9 Å². The Kier molecular flexibility index (Phi) is 6.27. The van der Waals surface area contributed by atoms with Gasteiger partial charge in [-0.25, -0.2) is 0 Å². The van der Waals surface area contributed by atoms with Crippen molar-refractivity contribution >= 4 is 34.0 Å². The van der Waals surface area contributed by atoms with E-state index < -0.39 is 6.69 Å². The van der Waals surface area contributed by atoms with Crippen LogP contribution in [0.5, 0.6) is 0 Å². The van der Waals surface area contributed by atoms with E-state index in [1.807, 2.05) is 37.3 Å². The van der Waals surface area contributed by atoms with E-state index in [-0.39, 0.29) is 0 Å². The number of rotatable bonds is 7. The highest BCUT2D eigenvalue weighted by atomic mass is 35.7. The van der Waals surface area contributed by atoms with Gasteiger partial charge < -0.3 is 4.74 Å². The first-order valence-electron chi connectivity index (χ1n) is 5.68. The second-order valence-corrected chi connectivity index (χ2v) is 11.1. The van der Waals surface area contributed by atoms with Gasteiger partial charge in [-0.15, -0.1) is 22.2 Å². The van der Waals surface area contributed by atoms with Crippen LogP contribution < -0.4 is 5.19 Å². The molecule has 0 spiro atoms. The van der Waals surface area contributed by atoms with Crippen LogP contribution in [0.15, 0.2) is 42.5 Å². The lowest BCUT2D eigenvalue weighted by atomic mass is 10.4. The summed E-state index contributed by atoms with van der Waals surface area (Å²) in [5.41, 5.74) is 1.04. The summed E-state index contributed by atoms with van der Waals surface area (Å²) < 4.78 is 5.43. The molecule has 0 saturated carbocycles. The summed E-state index contributed by atoms with van der Waals surface area (Å²) in [5.74, 6) is 0. The first-order chi connectivity index (χ1) is 8.02. The number of halogens is 2. The van der Waals surface area contributed by atoms with Crippen molar-refractivity contribution in [1.29, 1.82) is 0 Å². The molecule has 0 bridgehead atoms. The Bertz CT molecular complexity index is 352. The fourth-order valence-corrected chi connectivity index (χ4v) is 4.58. The highest BCUT2D eigenvalue weighted by Gasteiger charge is 2.29. The van der Waals surface area contributed by atoms with Crippen molar-refractivity contribution < 1.29 is 4.74 Å². The maximum absolute atomic E-state index is 6.43. The minimum atomic E-state index is -2.31. The Balaban J connectivity index is 2.33. The smallest absolute Gasteiger partial charge is 0.280 e. The predicted octanol–water partition coefficient (Wildman–Crippen LogP) is 3.80. The molecule has 0 atom stereocenters. The fraction of sp³-hybridized carbons (Fsp3) is 0.385. The van der Waals surface area contributed by atoms with Gasteiger partial charge in [-0.05, 0) is 24.6 Å². The predicted molar refractivity (Wildman–Crippen MR) is 78.6 cm³/mol. The summed E-state index contributed by atoms with van der Waals surface area (Å²) >= 11 is 12.9. The topological polar surface area (TPSA) is 9.23 Å². The molecule has 0 fully saturated rings. The van der Waals surface area contributed by atoms with Crippen LogP contribution in [0.2, 0.25) is 6.04 Å². The molecule has 1 aromatic carbocycles. The minimum absolute atomic E-state index is 0.616. The molecule has 0 amide bonds. The molecule has 0 aliphatic carbocycles. The van der Waals surface area contributed by atoms with E-state index in [0.29, 0.717) is 13.2 Å². The fourth-order valence-electron chi connectivity index (χ4n) is 1.47. The van der Waals surface area contributed by atoms with Gasteiger partial charge in [0.15, 0.2) is 0 Å². The van der Waals surface area contributed by atoms with Gasteiger partial charge in [0.1, 0.15) is 0 Å². The number of ether oxygens (including phenoxy) is 1. The molecule has 1 aromatic rings. The second-order valence-electron chi connectivity index (χ2n) is 4.18. The number of hydrogen-bond acceptors (Lipinski definition) is 1. The summed E-state index contributed by atoms with van der Waals surface area (Å²) in [7, 11) is 0. The normalized spacial score (nSPS) is 11.5. The highest BCUT2D eigenvalue weighted by Crippen LogP contribution is 2.22. The van der Waals surface area contributed by atoms with E-state index in [9.17, 15) is 0 Å². The zero-order chi connectivity index (χ0) is 12.7. The molecule has 1 nitrogen and oxygen atoms in total. The first kappa shape index (κ1) is 14.8. The maximum atomic E-state index is 6.43.